The van der Waals surface area contributed by atoms with E-state index in [0.717, 1.165) is 0 Å². The highest BCUT2D eigenvalue weighted by molar-refractivity contribution is 7.92. The standard InChI is InChI=1S/C21H24ClNO5S2/c1-15(2)29(25,26)18-7-3-16(4-8-18)13-21(24)23-12-11-20(14-23)30(27,28)19-9-5-17(22)6-10-19/h3-10,15,20H,11-14H2,1-2H3. The Hall–Kier alpha value is -1.90. The minimum absolute atomic E-state index is 0.0930. The van der Waals surface area contributed by atoms with E-state index in [1.807, 2.05) is 0 Å². The summed E-state index contributed by atoms with van der Waals surface area (Å²) in [4.78, 5) is 14.6. The van der Waals surface area contributed by atoms with Gasteiger partial charge in [0, 0.05) is 18.1 Å². The number of carbonyl (C=O) groups is 1. The molecule has 1 unspecified atom stereocenters. The molecule has 1 fully saturated rings. The number of halogens is 1. The van der Waals surface area contributed by atoms with Gasteiger partial charge >= 0.3 is 0 Å². The van der Waals surface area contributed by atoms with Crippen LogP contribution >= 0.6 is 11.6 Å². The number of hydrogen-bond donors (Lipinski definition) is 0. The number of likely N-dealkylation sites (tertiary alicyclic amines) is 1. The molecule has 30 heavy (non-hydrogen) atoms. The average molecular weight is 470 g/mol. The van der Waals surface area contributed by atoms with Crippen LogP contribution in [0.5, 0.6) is 0 Å². The Bertz CT molecular complexity index is 1120. The summed E-state index contributed by atoms with van der Waals surface area (Å²) in [5, 5.41) is -0.709. The molecule has 2 aromatic carbocycles. The highest BCUT2D eigenvalue weighted by Gasteiger charge is 2.36. The molecule has 0 N–H and O–H groups in total. The Balaban J connectivity index is 1.66. The highest BCUT2D eigenvalue weighted by atomic mass is 35.5. The average Bonchev–Trinajstić information content (AvgIpc) is 3.20. The third-order valence-corrected chi connectivity index (χ3v) is 9.92. The molecular weight excluding hydrogens is 446 g/mol. The largest absolute Gasteiger partial charge is 0.341 e. The quantitative estimate of drug-likeness (QED) is 0.648. The molecule has 1 heterocycles. The Morgan fingerprint density at radius 2 is 1.57 bits per heavy atom. The van der Waals surface area contributed by atoms with Gasteiger partial charge in [0.2, 0.25) is 5.91 Å². The maximum Gasteiger partial charge on any atom is 0.227 e. The van der Waals surface area contributed by atoms with Gasteiger partial charge in [-0.15, -0.1) is 0 Å². The van der Waals surface area contributed by atoms with Crippen molar-refractivity contribution in [3.63, 3.8) is 0 Å². The van der Waals surface area contributed by atoms with Gasteiger partial charge in [0.25, 0.3) is 0 Å². The van der Waals surface area contributed by atoms with E-state index >= 15 is 0 Å². The number of benzene rings is 2. The zero-order chi connectivity index (χ0) is 22.1. The predicted octanol–water partition coefficient (Wildman–Crippen LogP) is 3.14. The maximum absolute atomic E-state index is 12.8. The van der Waals surface area contributed by atoms with E-state index in [1.165, 1.54) is 36.4 Å². The lowest BCUT2D eigenvalue weighted by Crippen LogP contribution is -2.33. The third kappa shape index (κ3) is 4.71. The lowest BCUT2D eigenvalue weighted by Gasteiger charge is -2.17. The summed E-state index contributed by atoms with van der Waals surface area (Å²) < 4.78 is 50.0. The van der Waals surface area contributed by atoms with E-state index in [1.54, 1.807) is 30.9 Å². The van der Waals surface area contributed by atoms with Crippen molar-refractivity contribution >= 4 is 37.2 Å². The summed E-state index contributed by atoms with van der Waals surface area (Å²) in [6.45, 7) is 3.75. The fourth-order valence-electron chi connectivity index (χ4n) is 3.38. The fourth-order valence-corrected chi connectivity index (χ4v) is 6.26. The van der Waals surface area contributed by atoms with Crippen LogP contribution in [0.2, 0.25) is 5.02 Å². The van der Waals surface area contributed by atoms with Crippen LogP contribution in [0.1, 0.15) is 25.8 Å². The molecule has 1 amide bonds. The second kappa shape index (κ2) is 8.69. The summed E-state index contributed by atoms with van der Waals surface area (Å²) in [5.74, 6) is -0.178. The number of sulfone groups is 2. The highest BCUT2D eigenvalue weighted by Crippen LogP contribution is 2.26. The summed E-state index contributed by atoms with van der Waals surface area (Å²) in [5.41, 5.74) is 0.687. The smallest absolute Gasteiger partial charge is 0.227 e. The summed E-state index contributed by atoms with van der Waals surface area (Å²) >= 11 is 5.83. The van der Waals surface area contributed by atoms with E-state index in [0.29, 0.717) is 23.6 Å². The topological polar surface area (TPSA) is 88.6 Å². The molecule has 0 aliphatic carbocycles. The Morgan fingerprint density at radius 3 is 2.13 bits per heavy atom. The Kier molecular flexibility index (Phi) is 6.60. The molecule has 0 bridgehead atoms. The van der Waals surface area contributed by atoms with E-state index in [4.69, 9.17) is 11.6 Å². The van der Waals surface area contributed by atoms with Crippen LogP contribution in [0.25, 0.3) is 0 Å². The first-order valence-corrected chi connectivity index (χ1v) is 13.1. The van der Waals surface area contributed by atoms with Crippen molar-refractivity contribution in [2.75, 3.05) is 13.1 Å². The molecule has 0 aromatic heterocycles. The Labute approximate surface area is 182 Å². The van der Waals surface area contributed by atoms with E-state index in [-0.39, 0.29) is 28.7 Å². The monoisotopic (exact) mass is 469 g/mol. The molecule has 1 atom stereocenters. The number of carbonyl (C=O) groups excluding carboxylic acids is 1. The van der Waals surface area contributed by atoms with Crippen LogP contribution in [0.3, 0.4) is 0 Å². The van der Waals surface area contributed by atoms with Gasteiger partial charge in [-0.3, -0.25) is 4.79 Å². The van der Waals surface area contributed by atoms with Crippen molar-refractivity contribution in [1.29, 1.82) is 0 Å². The minimum atomic E-state index is -3.54. The van der Waals surface area contributed by atoms with Crippen LogP contribution in [-0.4, -0.2) is 51.2 Å². The molecule has 1 aliphatic heterocycles. The van der Waals surface area contributed by atoms with Gasteiger partial charge in [0.1, 0.15) is 0 Å². The molecule has 162 valence electrons. The van der Waals surface area contributed by atoms with Crippen LogP contribution < -0.4 is 0 Å². The second-order valence-corrected chi connectivity index (χ2v) is 12.8. The van der Waals surface area contributed by atoms with Gasteiger partial charge in [-0.25, -0.2) is 16.8 Å². The molecule has 1 saturated heterocycles. The molecule has 2 aromatic rings. The van der Waals surface area contributed by atoms with Crippen LogP contribution in [-0.2, 0) is 30.9 Å². The maximum atomic E-state index is 12.8. The Morgan fingerprint density at radius 1 is 1.00 bits per heavy atom. The van der Waals surface area contributed by atoms with Gasteiger partial charge in [0.15, 0.2) is 19.7 Å². The van der Waals surface area contributed by atoms with Gasteiger partial charge in [-0.1, -0.05) is 23.7 Å². The SMILES string of the molecule is CC(C)S(=O)(=O)c1ccc(CC(=O)N2CCC(S(=O)(=O)c3ccc(Cl)cc3)C2)cc1. The van der Waals surface area contributed by atoms with Crippen LogP contribution in [0.15, 0.2) is 58.3 Å². The van der Waals surface area contributed by atoms with Gasteiger partial charge in [-0.2, -0.15) is 0 Å². The first-order chi connectivity index (χ1) is 14.0. The van der Waals surface area contributed by atoms with Crippen molar-refractivity contribution in [2.45, 2.75) is 47.0 Å². The lowest BCUT2D eigenvalue weighted by molar-refractivity contribution is -0.129. The zero-order valence-corrected chi connectivity index (χ0v) is 19.2. The number of nitrogens with zero attached hydrogens (tertiary/aromatic N) is 1. The first-order valence-electron chi connectivity index (χ1n) is 9.62. The van der Waals surface area contributed by atoms with Crippen molar-refractivity contribution in [3.8, 4) is 0 Å². The zero-order valence-electron chi connectivity index (χ0n) is 16.8. The first kappa shape index (κ1) is 22.8. The lowest BCUT2D eigenvalue weighted by atomic mass is 10.1. The third-order valence-electron chi connectivity index (χ3n) is 5.31. The molecule has 0 saturated carbocycles. The van der Waals surface area contributed by atoms with Crippen molar-refractivity contribution in [2.24, 2.45) is 0 Å². The number of hydrogen-bond acceptors (Lipinski definition) is 5. The van der Waals surface area contributed by atoms with E-state index in [2.05, 4.69) is 0 Å². The summed E-state index contributed by atoms with van der Waals surface area (Å²) in [7, 11) is -6.90. The number of amides is 1. The molecular formula is C21H24ClNO5S2. The van der Waals surface area contributed by atoms with Gasteiger partial charge < -0.3 is 4.90 Å². The van der Waals surface area contributed by atoms with Crippen LogP contribution in [0, 0.1) is 0 Å². The normalized spacial score (nSPS) is 17.5. The molecule has 6 nitrogen and oxygen atoms in total. The molecule has 9 heteroatoms. The van der Waals surface area contributed by atoms with Gasteiger partial charge in [0.05, 0.1) is 26.7 Å². The van der Waals surface area contributed by atoms with Gasteiger partial charge in [-0.05, 0) is 62.2 Å². The number of rotatable bonds is 6. The van der Waals surface area contributed by atoms with E-state index in [9.17, 15) is 21.6 Å². The summed E-state index contributed by atoms with van der Waals surface area (Å²) in [6, 6.07) is 12.3. The molecule has 0 radical (unpaired) electrons. The van der Waals surface area contributed by atoms with Crippen molar-refractivity contribution in [1.82, 2.24) is 4.90 Å². The summed E-state index contributed by atoms with van der Waals surface area (Å²) in [6.07, 6.45) is 0.470. The van der Waals surface area contributed by atoms with E-state index < -0.39 is 30.2 Å². The molecule has 3 rings (SSSR count). The van der Waals surface area contributed by atoms with Crippen molar-refractivity contribution < 1.29 is 21.6 Å². The predicted molar refractivity (Wildman–Crippen MR) is 116 cm³/mol. The minimum Gasteiger partial charge on any atom is -0.341 e. The fraction of sp³-hybridized carbons (Fsp3) is 0.381. The van der Waals surface area contributed by atoms with Crippen molar-refractivity contribution in [3.05, 3.63) is 59.1 Å². The second-order valence-electron chi connectivity index (χ2n) is 7.66. The van der Waals surface area contributed by atoms with Crippen LogP contribution in [0.4, 0.5) is 0 Å². The molecule has 0 spiro atoms. The molecule has 1 aliphatic rings.